The van der Waals surface area contributed by atoms with Gasteiger partial charge in [0, 0.05) is 19.6 Å². The lowest BCUT2D eigenvalue weighted by atomic mass is 10.1. The quantitative estimate of drug-likeness (QED) is 0.134. The van der Waals surface area contributed by atoms with Gasteiger partial charge in [-0.1, -0.05) is 57.1 Å². The van der Waals surface area contributed by atoms with Crippen LogP contribution >= 0.6 is 0 Å². The number of hydrogen-bond donors (Lipinski definition) is 3. The molecule has 42 heavy (non-hydrogen) atoms. The van der Waals surface area contributed by atoms with Crippen molar-refractivity contribution in [1.29, 1.82) is 0 Å². The van der Waals surface area contributed by atoms with Crippen molar-refractivity contribution in [2.45, 2.75) is 130 Å². The summed E-state index contributed by atoms with van der Waals surface area (Å²) in [5.41, 5.74) is 0.497. The van der Waals surface area contributed by atoms with E-state index in [2.05, 4.69) is 15.5 Å². The van der Waals surface area contributed by atoms with Crippen LogP contribution in [-0.4, -0.2) is 65.5 Å². The highest BCUT2D eigenvalue weighted by Crippen LogP contribution is 2.13. The molecule has 0 saturated heterocycles. The van der Waals surface area contributed by atoms with E-state index in [4.69, 9.17) is 9.47 Å². The van der Waals surface area contributed by atoms with Gasteiger partial charge in [-0.3, -0.25) is 4.90 Å². The van der Waals surface area contributed by atoms with E-state index in [9.17, 15) is 19.5 Å². The van der Waals surface area contributed by atoms with Crippen molar-refractivity contribution < 1.29 is 29.0 Å². The van der Waals surface area contributed by atoms with Gasteiger partial charge >= 0.3 is 18.2 Å². The van der Waals surface area contributed by atoms with Crippen LogP contribution in [0, 0.1) is 0 Å². The second kappa shape index (κ2) is 20.2. The van der Waals surface area contributed by atoms with E-state index in [1.54, 1.807) is 12.1 Å². The Morgan fingerprint density at radius 1 is 0.643 bits per heavy atom. The van der Waals surface area contributed by atoms with E-state index in [-0.39, 0.29) is 12.2 Å². The summed E-state index contributed by atoms with van der Waals surface area (Å²) in [5.74, 6) is -0.902. The number of hydrogen-bond acceptors (Lipinski definition) is 6. The average Bonchev–Trinajstić information content (AvgIpc) is 2.87. The maximum Gasteiger partial charge on any atom is 0.407 e. The van der Waals surface area contributed by atoms with Crippen molar-refractivity contribution in [3.63, 3.8) is 0 Å². The molecule has 3 N–H and O–H groups in total. The number of rotatable bonds is 20. The zero-order valence-corrected chi connectivity index (χ0v) is 27.1. The summed E-state index contributed by atoms with van der Waals surface area (Å²) in [6.07, 6.45) is 11.3. The number of carboxylic acids is 1. The fourth-order valence-corrected chi connectivity index (χ4v) is 4.45. The van der Waals surface area contributed by atoms with Crippen LogP contribution in [0.5, 0.6) is 0 Å². The van der Waals surface area contributed by atoms with Gasteiger partial charge in [-0.05, 0) is 98.0 Å². The fourth-order valence-electron chi connectivity index (χ4n) is 4.45. The third-order valence-electron chi connectivity index (χ3n) is 6.50. The standard InChI is InChI=1S/C33H57N3O6/c1-32(2,3)41-30(39)34-22-14-10-7-8-12-16-24-36(26-27-18-20-28(21-19-27)29(37)38)25-17-13-9-11-15-23-35-31(40)42-33(4,5)6/h18-21H,7-17,22-26H2,1-6H3,(H,34,39)(H,35,40)(H,37,38). The number of nitrogens with zero attached hydrogens (tertiary/aromatic N) is 1. The molecule has 0 aliphatic heterocycles. The second-order valence-electron chi connectivity index (χ2n) is 13.0. The molecular weight excluding hydrogens is 534 g/mol. The molecule has 0 fully saturated rings. The number of carbonyl (C=O) groups excluding carboxylic acids is 2. The summed E-state index contributed by atoms with van der Waals surface area (Å²) < 4.78 is 10.5. The molecule has 1 aromatic carbocycles. The van der Waals surface area contributed by atoms with E-state index in [0.29, 0.717) is 18.7 Å². The van der Waals surface area contributed by atoms with Crippen LogP contribution in [0.3, 0.4) is 0 Å². The highest BCUT2D eigenvalue weighted by Gasteiger charge is 2.16. The SMILES string of the molecule is CC(C)(C)OC(=O)NCCCCCCCCN(CCCCCCCNC(=O)OC(C)(C)C)Cc1ccc(C(=O)O)cc1. The minimum absolute atomic E-state index is 0.313. The summed E-state index contributed by atoms with van der Waals surface area (Å²) in [6, 6.07) is 7.19. The smallest absolute Gasteiger partial charge is 0.407 e. The first kappa shape index (κ1) is 37.2. The molecule has 9 nitrogen and oxygen atoms in total. The fraction of sp³-hybridized carbons (Fsp3) is 0.727. The van der Waals surface area contributed by atoms with Gasteiger partial charge in [-0.15, -0.1) is 0 Å². The van der Waals surface area contributed by atoms with Crippen LogP contribution < -0.4 is 10.6 Å². The lowest BCUT2D eigenvalue weighted by Crippen LogP contribution is -2.33. The van der Waals surface area contributed by atoms with Gasteiger partial charge in [0.05, 0.1) is 5.56 Å². The van der Waals surface area contributed by atoms with Gasteiger partial charge in [-0.2, -0.15) is 0 Å². The van der Waals surface area contributed by atoms with Crippen LogP contribution in [-0.2, 0) is 16.0 Å². The van der Waals surface area contributed by atoms with Crippen LogP contribution in [0.15, 0.2) is 24.3 Å². The summed E-state index contributed by atoms with van der Waals surface area (Å²) in [5, 5.41) is 14.8. The predicted molar refractivity (Wildman–Crippen MR) is 168 cm³/mol. The van der Waals surface area contributed by atoms with Crippen molar-refractivity contribution in [1.82, 2.24) is 15.5 Å². The van der Waals surface area contributed by atoms with E-state index in [1.165, 1.54) is 12.8 Å². The molecule has 0 atom stereocenters. The molecule has 0 spiro atoms. The average molecular weight is 592 g/mol. The number of nitrogens with one attached hydrogen (secondary N) is 2. The number of unbranched alkanes of at least 4 members (excludes halogenated alkanes) is 9. The minimum Gasteiger partial charge on any atom is -0.478 e. The van der Waals surface area contributed by atoms with Gasteiger partial charge in [0.1, 0.15) is 11.2 Å². The molecule has 2 amide bonds. The van der Waals surface area contributed by atoms with Gasteiger partial charge in [0.2, 0.25) is 0 Å². The van der Waals surface area contributed by atoms with Crippen molar-refractivity contribution >= 4 is 18.2 Å². The molecule has 0 aliphatic rings. The van der Waals surface area contributed by atoms with Crippen molar-refractivity contribution in [3.8, 4) is 0 Å². The molecular formula is C33H57N3O6. The highest BCUT2D eigenvalue weighted by atomic mass is 16.6. The maximum absolute atomic E-state index is 11.7. The molecule has 9 heteroatoms. The maximum atomic E-state index is 11.7. The number of carboxylic acid groups (broad SMARTS) is 1. The van der Waals surface area contributed by atoms with E-state index >= 15 is 0 Å². The van der Waals surface area contributed by atoms with Gasteiger partial charge in [0.25, 0.3) is 0 Å². The third kappa shape index (κ3) is 21.0. The Morgan fingerprint density at radius 2 is 1.02 bits per heavy atom. The zero-order valence-electron chi connectivity index (χ0n) is 27.1. The van der Waals surface area contributed by atoms with Crippen LogP contribution in [0.25, 0.3) is 0 Å². The van der Waals surface area contributed by atoms with E-state index in [0.717, 1.165) is 83.0 Å². The monoisotopic (exact) mass is 591 g/mol. The number of aromatic carboxylic acids is 1. The molecule has 240 valence electrons. The first-order valence-corrected chi connectivity index (χ1v) is 15.7. The predicted octanol–water partition coefficient (Wildman–Crippen LogP) is 7.53. The van der Waals surface area contributed by atoms with Crippen LogP contribution in [0.1, 0.15) is 128 Å². The molecule has 0 aromatic heterocycles. The van der Waals surface area contributed by atoms with Gasteiger partial charge in [0.15, 0.2) is 0 Å². The van der Waals surface area contributed by atoms with Crippen LogP contribution in [0.2, 0.25) is 0 Å². The van der Waals surface area contributed by atoms with Crippen molar-refractivity contribution in [2.75, 3.05) is 26.2 Å². The molecule has 0 heterocycles. The Morgan fingerprint density at radius 3 is 1.40 bits per heavy atom. The van der Waals surface area contributed by atoms with E-state index in [1.807, 2.05) is 53.7 Å². The Bertz CT molecular complexity index is 906. The lowest BCUT2D eigenvalue weighted by molar-refractivity contribution is 0.0515. The van der Waals surface area contributed by atoms with Crippen molar-refractivity contribution in [3.05, 3.63) is 35.4 Å². The topological polar surface area (TPSA) is 117 Å². The Kier molecular flexibility index (Phi) is 17.9. The highest BCUT2D eigenvalue weighted by molar-refractivity contribution is 5.87. The Hall–Kier alpha value is -2.81. The Balaban J connectivity index is 2.30. The second-order valence-corrected chi connectivity index (χ2v) is 13.0. The summed E-state index contributed by atoms with van der Waals surface area (Å²) in [6.45, 7) is 15.3. The van der Waals surface area contributed by atoms with Crippen LogP contribution in [0.4, 0.5) is 9.59 Å². The minimum atomic E-state index is -0.902. The molecule has 1 aromatic rings. The summed E-state index contributed by atoms with van der Waals surface area (Å²) >= 11 is 0. The number of ether oxygens (including phenoxy) is 2. The number of alkyl carbamates (subject to hydrolysis) is 2. The number of amides is 2. The molecule has 0 aliphatic carbocycles. The third-order valence-corrected chi connectivity index (χ3v) is 6.50. The molecule has 1 rings (SSSR count). The molecule has 0 radical (unpaired) electrons. The van der Waals surface area contributed by atoms with Gasteiger partial charge in [-0.25, -0.2) is 14.4 Å². The molecule has 0 bridgehead atoms. The summed E-state index contributed by atoms with van der Waals surface area (Å²) in [7, 11) is 0. The Labute approximate surface area is 254 Å². The molecule has 0 saturated carbocycles. The van der Waals surface area contributed by atoms with E-state index < -0.39 is 17.2 Å². The van der Waals surface area contributed by atoms with Gasteiger partial charge < -0.3 is 25.2 Å². The summed E-state index contributed by atoms with van der Waals surface area (Å²) in [4.78, 5) is 37.1. The first-order valence-electron chi connectivity index (χ1n) is 15.7. The lowest BCUT2D eigenvalue weighted by Gasteiger charge is -2.22. The number of carbonyl (C=O) groups is 3. The zero-order chi connectivity index (χ0) is 31.4. The van der Waals surface area contributed by atoms with Crippen molar-refractivity contribution in [2.24, 2.45) is 0 Å². The largest absolute Gasteiger partial charge is 0.478 e. The first-order chi connectivity index (χ1) is 19.7. The number of benzene rings is 1. The molecule has 0 unspecified atom stereocenters. The normalized spacial score (nSPS) is 11.8.